The molecule has 0 fully saturated rings. The van der Waals surface area contributed by atoms with Crippen LogP contribution in [-0.4, -0.2) is 56.8 Å². The first kappa shape index (κ1) is 23.9. The number of nitrogens with zero attached hydrogens (tertiary/aromatic N) is 4. The first-order chi connectivity index (χ1) is 15.2. The molecule has 2 aromatic heterocycles. The van der Waals surface area contributed by atoms with Gasteiger partial charge in [0.05, 0.1) is 0 Å². The zero-order valence-electron chi connectivity index (χ0n) is 18.8. The Hall–Kier alpha value is -2.72. The summed E-state index contributed by atoms with van der Waals surface area (Å²) in [6, 6.07) is 7.91. The molecule has 0 atom stereocenters. The molecule has 0 saturated carbocycles. The third-order valence-corrected chi connectivity index (χ3v) is 6.03. The van der Waals surface area contributed by atoms with Gasteiger partial charge < -0.3 is 15.0 Å². The molecule has 2 amide bonds. The van der Waals surface area contributed by atoms with Crippen LogP contribution in [0.3, 0.4) is 0 Å². The molecular formula is C22H27N5O3S2. The van der Waals surface area contributed by atoms with Crippen LogP contribution < -0.4 is 5.32 Å². The van der Waals surface area contributed by atoms with E-state index in [-0.39, 0.29) is 5.91 Å². The molecule has 2 heterocycles. The number of carbonyl (C=O) groups excluding carboxylic acids is 2. The largest absolute Gasteiger partial charge is 0.444 e. The van der Waals surface area contributed by atoms with Gasteiger partial charge in [0.15, 0.2) is 0 Å². The lowest BCUT2D eigenvalue weighted by Crippen LogP contribution is -2.40. The summed E-state index contributed by atoms with van der Waals surface area (Å²) >= 11 is 3.07. The Morgan fingerprint density at radius 2 is 1.91 bits per heavy atom. The minimum Gasteiger partial charge on any atom is -0.444 e. The van der Waals surface area contributed by atoms with Gasteiger partial charge in [0, 0.05) is 32.1 Å². The van der Waals surface area contributed by atoms with Crippen LogP contribution in [0.2, 0.25) is 0 Å². The topological polar surface area (TPSA) is 97.3 Å². The Bertz CT molecular complexity index is 1090. The van der Waals surface area contributed by atoms with Gasteiger partial charge in [-0.15, -0.1) is 11.8 Å². The summed E-state index contributed by atoms with van der Waals surface area (Å²) in [7, 11) is 0. The van der Waals surface area contributed by atoms with Crippen molar-refractivity contribution in [3.63, 3.8) is 0 Å². The zero-order chi connectivity index (χ0) is 23.3. The third kappa shape index (κ3) is 6.39. The summed E-state index contributed by atoms with van der Waals surface area (Å²) in [5.74, 6) is -0.136. The second-order valence-corrected chi connectivity index (χ2v) is 9.91. The Kier molecular flexibility index (Phi) is 7.68. The van der Waals surface area contributed by atoms with E-state index in [4.69, 9.17) is 9.72 Å². The summed E-state index contributed by atoms with van der Waals surface area (Å²) in [4.78, 5) is 39.6. The molecule has 170 valence electrons. The van der Waals surface area contributed by atoms with E-state index in [0.29, 0.717) is 19.6 Å². The fourth-order valence-electron chi connectivity index (χ4n) is 2.91. The summed E-state index contributed by atoms with van der Waals surface area (Å²) in [5, 5.41) is 4.46. The summed E-state index contributed by atoms with van der Waals surface area (Å²) < 4.78 is 5.53. The molecule has 0 spiro atoms. The SMILES string of the molecule is CSc1ncnc2sc(-c3ccc(CN(CCNC(C)=O)C(=O)OC(C)(C)C)cc3)nc12. The van der Waals surface area contributed by atoms with Crippen molar-refractivity contribution in [1.29, 1.82) is 0 Å². The first-order valence-corrected chi connectivity index (χ1v) is 12.2. The molecule has 1 aromatic carbocycles. The third-order valence-electron chi connectivity index (χ3n) is 4.34. The van der Waals surface area contributed by atoms with Crippen LogP contribution in [0.25, 0.3) is 20.9 Å². The highest BCUT2D eigenvalue weighted by Gasteiger charge is 2.22. The van der Waals surface area contributed by atoms with Crippen LogP contribution in [0, 0.1) is 0 Å². The monoisotopic (exact) mass is 473 g/mol. The Morgan fingerprint density at radius 1 is 1.19 bits per heavy atom. The summed E-state index contributed by atoms with van der Waals surface area (Å²) in [6.07, 6.45) is 3.12. The Balaban J connectivity index is 1.76. The standard InChI is InChI=1S/C22H27N5O3S2/c1-14(28)23-10-11-27(21(29)30-22(2,3)4)12-15-6-8-16(9-7-15)18-26-17-19(31-5)24-13-25-20(17)32-18/h6-9,13H,10-12H2,1-5H3,(H,23,28). The number of rotatable bonds is 7. The van der Waals surface area contributed by atoms with Gasteiger partial charge in [-0.2, -0.15) is 0 Å². The lowest BCUT2D eigenvalue weighted by Gasteiger charge is -2.27. The second-order valence-electron chi connectivity index (χ2n) is 8.14. The van der Waals surface area contributed by atoms with Crippen molar-refractivity contribution in [2.24, 2.45) is 0 Å². The van der Waals surface area contributed by atoms with Crippen LogP contribution in [0.5, 0.6) is 0 Å². The maximum absolute atomic E-state index is 12.7. The number of benzene rings is 1. The van der Waals surface area contributed by atoms with Crippen molar-refractivity contribution in [3.8, 4) is 10.6 Å². The average molecular weight is 474 g/mol. The van der Waals surface area contributed by atoms with Gasteiger partial charge in [-0.1, -0.05) is 35.6 Å². The van der Waals surface area contributed by atoms with Gasteiger partial charge in [0.2, 0.25) is 5.91 Å². The van der Waals surface area contributed by atoms with E-state index >= 15 is 0 Å². The summed E-state index contributed by atoms with van der Waals surface area (Å²) in [6.45, 7) is 8.02. The molecule has 0 radical (unpaired) electrons. The van der Waals surface area contributed by atoms with Gasteiger partial charge in [0.25, 0.3) is 0 Å². The van der Waals surface area contributed by atoms with Crippen LogP contribution in [0.1, 0.15) is 33.3 Å². The molecule has 3 aromatic rings. The van der Waals surface area contributed by atoms with E-state index in [0.717, 1.165) is 31.5 Å². The van der Waals surface area contributed by atoms with E-state index in [1.54, 1.807) is 23.0 Å². The van der Waals surface area contributed by atoms with Crippen LogP contribution in [0.4, 0.5) is 4.79 Å². The number of carbonyl (C=O) groups is 2. The molecule has 3 rings (SSSR count). The van der Waals surface area contributed by atoms with Gasteiger partial charge in [0.1, 0.15) is 32.3 Å². The molecule has 8 nitrogen and oxygen atoms in total. The zero-order valence-corrected chi connectivity index (χ0v) is 20.5. The Labute approximate surface area is 195 Å². The van der Waals surface area contributed by atoms with Crippen molar-refractivity contribution in [1.82, 2.24) is 25.2 Å². The van der Waals surface area contributed by atoms with Crippen molar-refractivity contribution < 1.29 is 14.3 Å². The normalized spacial score (nSPS) is 11.4. The number of hydrogen-bond acceptors (Lipinski definition) is 8. The minimum absolute atomic E-state index is 0.136. The van der Waals surface area contributed by atoms with Gasteiger partial charge >= 0.3 is 6.09 Å². The van der Waals surface area contributed by atoms with E-state index in [9.17, 15) is 9.59 Å². The number of aromatic nitrogens is 3. The molecule has 0 aliphatic heterocycles. The number of thiazole rings is 1. The number of ether oxygens (including phenoxy) is 1. The number of nitrogens with one attached hydrogen (secondary N) is 1. The lowest BCUT2D eigenvalue weighted by molar-refractivity contribution is -0.119. The molecule has 0 aliphatic rings. The predicted molar refractivity (Wildman–Crippen MR) is 128 cm³/mol. The van der Waals surface area contributed by atoms with Gasteiger partial charge in [-0.05, 0) is 32.6 Å². The Morgan fingerprint density at radius 3 is 2.53 bits per heavy atom. The van der Waals surface area contributed by atoms with Crippen molar-refractivity contribution in [3.05, 3.63) is 36.2 Å². The van der Waals surface area contributed by atoms with E-state index in [1.807, 2.05) is 51.3 Å². The number of fused-ring (bicyclic) bond motifs is 1. The molecule has 0 bridgehead atoms. The van der Waals surface area contributed by atoms with Crippen molar-refractivity contribution >= 4 is 45.4 Å². The van der Waals surface area contributed by atoms with E-state index in [2.05, 4.69) is 15.3 Å². The number of thioether (sulfide) groups is 1. The fourth-order valence-corrected chi connectivity index (χ4v) is 4.37. The highest BCUT2D eigenvalue weighted by atomic mass is 32.2. The fraction of sp³-hybridized carbons (Fsp3) is 0.409. The van der Waals surface area contributed by atoms with Crippen LogP contribution in [-0.2, 0) is 16.1 Å². The quantitative estimate of drug-likeness (QED) is 0.402. The molecule has 32 heavy (non-hydrogen) atoms. The summed E-state index contributed by atoms with van der Waals surface area (Å²) in [5.41, 5.74) is 2.15. The van der Waals surface area contributed by atoms with Crippen LogP contribution >= 0.6 is 23.1 Å². The van der Waals surface area contributed by atoms with Gasteiger partial charge in [-0.3, -0.25) is 4.79 Å². The highest BCUT2D eigenvalue weighted by Crippen LogP contribution is 2.32. The average Bonchev–Trinajstić information content (AvgIpc) is 3.16. The highest BCUT2D eigenvalue weighted by molar-refractivity contribution is 7.98. The van der Waals surface area contributed by atoms with Crippen molar-refractivity contribution in [2.45, 2.75) is 44.9 Å². The molecule has 0 saturated heterocycles. The molecule has 10 heteroatoms. The van der Waals surface area contributed by atoms with E-state index < -0.39 is 11.7 Å². The molecule has 0 unspecified atom stereocenters. The van der Waals surface area contributed by atoms with Crippen molar-refractivity contribution in [2.75, 3.05) is 19.3 Å². The second kappa shape index (κ2) is 10.3. The van der Waals surface area contributed by atoms with E-state index in [1.165, 1.54) is 18.3 Å². The molecule has 1 N–H and O–H groups in total. The lowest BCUT2D eigenvalue weighted by atomic mass is 10.1. The molecular weight excluding hydrogens is 446 g/mol. The predicted octanol–water partition coefficient (Wildman–Crippen LogP) is 4.35. The smallest absolute Gasteiger partial charge is 0.410 e. The first-order valence-electron chi connectivity index (χ1n) is 10.1. The molecule has 0 aliphatic carbocycles. The number of hydrogen-bond donors (Lipinski definition) is 1. The van der Waals surface area contributed by atoms with Gasteiger partial charge in [-0.25, -0.2) is 19.7 Å². The maximum Gasteiger partial charge on any atom is 0.410 e. The maximum atomic E-state index is 12.7. The minimum atomic E-state index is -0.599. The van der Waals surface area contributed by atoms with Crippen LogP contribution in [0.15, 0.2) is 35.6 Å². The number of amides is 2.